The molecule has 0 aliphatic rings. The third-order valence-corrected chi connectivity index (χ3v) is 5.71. The third-order valence-electron chi connectivity index (χ3n) is 5.71. The molecule has 3 aromatic heterocycles. The third kappa shape index (κ3) is 3.35. The average Bonchev–Trinajstić information content (AvgIpc) is 3.33. The van der Waals surface area contributed by atoms with Crippen LogP contribution in [0.5, 0.6) is 0 Å². The minimum Gasteiger partial charge on any atom is -0.324 e. The quantitative estimate of drug-likeness (QED) is 0.477. The van der Waals surface area contributed by atoms with Gasteiger partial charge in [-0.15, -0.1) is 5.10 Å². The van der Waals surface area contributed by atoms with E-state index in [1.807, 2.05) is 43.3 Å². The van der Waals surface area contributed by atoms with Crippen LogP contribution in [0.1, 0.15) is 16.7 Å². The lowest BCUT2D eigenvalue weighted by Gasteiger charge is -2.07. The van der Waals surface area contributed by atoms with E-state index in [1.165, 1.54) is 20.2 Å². The van der Waals surface area contributed by atoms with Crippen molar-refractivity contribution < 1.29 is 4.79 Å². The van der Waals surface area contributed by atoms with Crippen molar-refractivity contribution in [2.24, 2.45) is 0 Å². The minimum absolute atomic E-state index is 0.181. The van der Waals surface area contributed by atoms with E-state index < -0.39 is 0 Å². The summed E-state index contributed by atoms with van der Waals surface area (Å²) in [6.45, 7) is 5.87. The van der Waals surface area contributed by atoms with Crippen LogP contribution < -0.4 is 11.0 Å². The van der Waals surface area contributed by atoms with Crippen molar-refractivity contribution in [1.82, 2.24) is 23.8 Å². The van der Waals surface area contributed by atoms with E-state index in [1.54, 1.807) is 16.9 Å². The molecule has 32 heavy (non-hydrogen) atoms. The number of amides is 1. The predicted molar refractivity (Wildman–Crippen MR) is 123 cm³/mol. The highest BCUT2D eigenvalue weighted by molar-refractivity contribution is 5.91. The summed E-state index contributed by atoms with van der Waals surface area (Å²) in [5, 5.41) is 11.9. The van der Waals surface area contributed by atoms with Gasteiger partial charge in [0.25, 0.3) is 0 Å². The van der Waals surface area contributed by atoms with E-state index in [4.69, 9.17) is 0 Å². The van der Waals surface area contributed by atoms with Crippen LogP contribution >= 0.6 is 0 Å². The van der Waals surface area contributed by atoms with E-state index in [0.29, 0.717) is 16.9 Å². The van der Waals surface area contributed by atoms with Crippen LogP contribution in [-0.2, 0) is 11.3 Å². The first-order chi connectivity index (χ1) is 15.4. The van der Waals surface area contributed by atoms with Crippen molar-refractivity contribution in [2.45, 2.75) is 27.3 Å². The normalized spacial score (nSPS) is 11.3. The lowest BCUT2D eigenvalue weighted by Crippen LogP contribution is -2.28. The summed E-state index contributed by atoms with van der Waals surface area (Å²) in [6, 6.07) is 15.6. The van der Waals surface area contributed by atoms with Gasteiger partial charge in [0.2, 0.25) is 5.91 Å². The van der Waals surface area contributed by atoms with Gasteiger partial charge in [-0.05, 0) is 55.7 Å². The fourth-order valence-corrected chi connectivity index (χ4v) is 3.72. The van der Waals surface area contributed by atoms with Crippen molar-refractivity contribution in [1.29, 1.82) is 0 Å². The van der Waals surface area contributed by atoms with Gasteiger partial charge < -0.3 is 5.32 Å². The summed E-state index contributed by atoms with van der Waals surface area (Å²) in [5.41, 5.74) is 6.61. The van der Waals surface area contributed by atoms with Gasteiger partial charge in [0.1, 0.15) is 12.1 Å². The molecule has 1 amide bonds. The molecule has 5 aromatic rings. The molecule has 0 unspecified atom stereocenters. The van der Waals surface area contributed by atoms with E-state index in [0.717, 1.165) is 16.8 Å². The molecule has 0 aliphatic carbocycles. The van der Waals surface area contributed by atoms with Crippen LogP contribution in [0.15, 0.2) is 65.7 Å². The highest BCUT2D eigenvalue weighted by Crippen LogP contribution is 2.23. The Balaban J connectivity index is 1.51. The van der Waals surface area contributed by atoms with Gasteiger partial charge in [-0.3, -0.25) is 4.79 Å². The van der Waals surface area contributed by atoms with Crippen LogP contribution in [0.3, 0.4) is 0 Å². The Bertz CT molecular complexity index is 1560. The SMILES string of the molecule is Cc1ccc(-c2cc3c4nn(CC(=O)Nc5ccccc5C)c(=O)n4ccn3n2)cc1C. The molecular weight excluding hydrogens is 404 g/mol. The number of para-hydroxylation sites is 1. The summed E-state index contributed by atoms with van der Waals surface area (Å²) in [6.07, 6.45) is 3.33. The summed E-state index contributed by atoms with van der Waals surface area (Å²) in [4.78, 5) is 25.4. The number of benzene rings is 2. The van der Waals surface area contributed by atoms with Gasteiger partial charge in [-0.1, -0.05) is 30.3 Å². The first-order valence-corrected chi connectivity index (χ1v) is 10.3. The summed E-state index contributed by atoms with van der Waals surface area (Å²) >= 11 is 0. The van der Waals surface area contributed by atoms with Crippen LogP contribution in [0.25, 0.3) is 22.4 Å². The molecule has 2 aromatic carbocycles. The average molecular weight is 426 g/mol. The Labute approximate surface area is 183 Å². The zero-order chi connectivity index (χ0) is 22.4. The van der Waals surface area contributed by atoms with E-state index >= 15 is 0 Å². The highest BCUT2D eigenvalue weighted by atomic mass is 16.2. The fourth-order valence-electron chi connectivity index (χ4n) is 3.72. The van der Waals surface area contributed by atoms with Gasteiger partial charge in [-0.2, -0.15) is 5.10 Å². The second-order valence-corrected chi connectivity index (χ2v) is 7.95. The molecule has 8 nitrogen and oxygen atoms in total. The predicted octanol–water partition coefficient (Wildman–Crippen LogP) is 3.37. The number of nitrogens with one attached hydrogen (secondary N) is 1. The number of rotatable bonds is 4. The zero-order valence-corrected chi connectivity index (χ0v) is 18.0. The topological polar surface area (TPSA) is 85.7 Å². The van der Waals surface area contributed by atoms with E-state index in [9.17, 15) is 9.59 Å². The molecule has 0 aliphatic heterocycles. The van der Waals surface area contributed by atoms with Gasteiger partial charge >= 0.3 is 5.69 Å². The second-order valence-electron chi connectivity index (χ2n) is 7.95. The fraction of sp³-hybridized carbons (Fsp3) is 0.167. The lowest BCUT2D eigenvalue weighted by molar-refractivity contribution is -0.117. The van der Waals surface area contributed by atoms with Crippen molar-refractivity contribution in [2.75, 3.05) is 5.32 Å². The largest absolute Gasteiger partial charge is 0.350 e. The molecule has 8 heteroatoms. The number of fused-ring (bicyclic) bond motifs is 3. The second kappa shape index (κ2) is 7.49. The molecule has 0 saturated carbocycles. The Hall–Kier alpha value is -4.20. The maximum absolute atomic E-state index is 12.8. The number of anilines is 1. The van der Waals surface area contributed by atoms with Crippen LogP contribution in [0.4, 0.5) is 5.69 Å². The van der Waals surface area contributed by atoms with Gasteiger partial charge in [0, 0.05) is 23.6 Å². The molecule has 3 heterocycles. The number of aryl methyl sites for hydroxylation is 3. The minimum atomic E-state index is -0.378. The summed E-state index contributed by atoms with van der Waals surface area (Å²) < 4.78 is 4.30. The molecule has 0 saturated heterocycles. The monoisotopic (exact) mass is 426 g/mol. The number of hydrogen-bond donors (Lipinski definition) is 1. The molecular formula is C24H22N6O2. The number of carbonyl (C=O) groups is 1. The Morgan fingerprint density at radius 1 is 0.938 bits per heavy atom. The van der Waals surface area contributed by atoms with Crippen molar-refractivity contribution >= 4 is 22.8 Å². The Morgan fingerprint density at radius 3 is 2.53 bits per heavy atom. The van der Waals surface area contributed by atoms with Gasteiger partial charge in [-0.25, -0.2) is 18.4 Å². The van der Waals surface area contributed by atoms with E-state index in [2.05, 4.69) is 41.5 Å². The molecule has 0 spiro atoms. The number of hydrogen-bond acceptors (Lipinski definition) is 4. The van der Waals surface area contributed by atoms with Gasteiger partial charge in [0.05, 0.1) is 5.69 Å². The molecule has 5 rings (SSSR count). The van der Waals surface area contributed by atoms with Crippen LogP contribution in [-0.4, -0.2) is 29.7 Å². The molecule has 0 bridgehead atoms. The Morgan fingerprint density at radius 2 is 1.75 bits per heavy atom. The van der Waals surface area contributed by atoms with E-state index in [-0.39, 0.29) is 18.1 Å². The zero-order valence-electron chi connectivity index (χ0n) is 18.0. The van der Waals surface area contributed by atoms with Crippen LogP contribution in [0, 0.1) is 20.8 Å². The standard InChI is InChI=1S/C24H22N6O2/c1-15-8-9-18(12-17(15)3)20-13-21-23-27-30(24(32)28(23)10-11-29(21)26-20)14-22(31)25-19-7-5-4-6-16(19)2/h4-13H,14H2,1-3H3,(H,25,31). The Kier molecular flexibility index (Phi) is 4.62. The van der Waals surface area contributed by atoms with Gasteiger partial charge in [0.15, 0.2) is 5.65 Å². The first kappa shape index (κ1) is 19.7. The summed E-state index contributed by atoms with van der Waals surface area (Å²) in [5.74, 6) is -0.315. The number of aromatic nitrogens is 5. The number of nitrogens with zero attached hydrogens (tertiary/aromatic N) is 5. The molecule has 1 N–H and O–H groups in total. The molecule has 0 atom stereocenters. The highest BCUT2D eigenvalue weighted by Gasteiger charge is 2.16. The first-order valence-electron chi connectivity index (χ1n) is 10.3. The maximum Gasteiger partial charge on any atom is 0.350 e. The van der Waals surface area contributed by atoms with Crippen molar-refractivity contribution in [3.8, 4) is 11.3 Å². The smallest absolute Gasteiger partial charge is 0.324 e. The maximum atomic E-state index is 12.8. The van der Waals surface area contributed by atoms with Crippen molar-refractivity contribution in [3.63, 3.8) is 0 Å². The molecule has 0 radical (unpaired) electrons. The van der Waals surface area contributed by atoms with Crippen molar-refractivity contribution in [3.05, 3.63) is 88.1 Å². The number of carbonyl (C=O) groups excluding carboxylic acids is 1. The lowest BCUT2D eigenvalue weighted by atomic mass is 10.0. The summed E-state index contributed by atoms with van der Waals surface area (Å²) in [7, 11) is 0. The van der Waals surface area contributed by atoms with Crippen LogP contribution in [0.2, 0.25) is 0 Å². The molecule has 0 fully saturated rings. The molecule has 160 valence electrons.